The lowest BCUT2D eigenvalue weighted by atomic mass is 9.79. The minimum Gasteiger partial charge on any atom is -0.462 e. The van der Waals surface area contributed by atoms with E-state index in [0.717, 1.165) is 25.2 Å². The van der Waals surface area contributed by atoms with Crippen molar-refractivity contribution in [2.24, 2.45) is 35.5 Å². The van der Waals surface area contributed by atoms with Crippen molar-refractivity contribution < 1.29 is 63.2 Å². The number of carbonyl (C=O) groups is 2. The van der Waals surface area contributed by atoms with E-state index in [1.165, 1.54) is 20.6 Å². The number of piperidine rings is 1. The van der Waals surface area contributed by atoms with E-state index in [2.05, 4.69) is 18.7 Å². The van der Waals surface area contributed by atoms with Crippen LogP contribution in [0.3, 0.4) is 0 Å². The van der Waals surface area contributed by atoms with Crippen molar-refractivity contribution in [3.63, 3.8) is 0 Å². The summed E-state index contributed by atoms with van der Waals surface area (Å²) in [5.41, 5.74) is 0.761. The molecule has 0 unspecified atom stereocenters. The number of aliphatic hydroxyl groups excluding tert-OH is 4. The van der Waals surface area contributed by atoms with Crippen LogP contribution >= 0.6 is 0 Å². The summed E-state index contributed by atoms with van der Waals surface area (Å²) in [5.74, 6) is -1.46. The summed E-state index contributed by atoms with van der Waals surface area (Å²) in [5, 5.41) is 45.3. The van der Waals surface area contributed by atoms with E-state index in [0.29, 0.717) is 31.1 Å². The molecule has 352 valence electrons. The van der Waals surface area contributed by atoms with Crippen LogP contribution in [0.1, 0.15) is 87.5 Å². The summed E-state index contributed by atoms with van der Waals surface area (Å²) in [6.45, 7) is 18.2. The first-order valence-corrected chi connectivity index (χ1v) is 22.6. The van der Waals surface area contributed by atoms with Crippen LogP contribution in [0.2, 0.25) is 0 Å². The number of hydrogen-bond acceptors (Lipinski definition) is 15. The Morgan fingerprint density at radius 1 is 0.820 bits per heavy atom. The lowest BCUT2D eigenvalue weighted by Crippen LogP contribution is -2.63. The zero-order valence-corrected chi connectivity index (χ0v) is 38.9. The van der Waals surface area contributed by atoms with Gasteiger partial charge in [-0.2, -0.15) is 0 Å². The minimum atomic E-state index is -1.23. The average Bonchev–Trinajstić information content (AvgIpc) is 3.19. The Labute approximate surface area is 365 Å². The predicted molar refractivity (Wildman–Crippen MR) is 229 cm³/mol. The lowest BCUT2D eigenvalue weighted by Gasteiger charge is -2.47. The number of rotatable bonds is 12. The first kappa shape index (κ1) is 51.8. The molecule has 15 heteroatoms. The number of cyclic esters (lactones) is 1. The van der Waals surface area contributed by atoms with Gasteiger partial charge in [-0.25, -0.2) is 0 Å². The zero-order chi connectivity index (χ0) is 45.3. The molecule has 3 saturated heterocycles. The van der Waals surface area contributed by atoms with Crippen molar-refractivity contribution in [1.29, 1.82) is 0 Å². The maximum absolute atomic E-state index is 14.0. The van der Waals surface area contributed by atoms with Gasteiger partial charge in [-0.05, 0) is 90.9 Å². The zero-order valence-electron chi connectivity index (χ0n) is 38.9. The third-order valence-electron chi connectivity index (χ3n) is 13.5. The molecule has 19 atom stereocenters. The summed E-state index contributed by atoms with van der Waals surface area (Å²) in [6, 6.07) is -0.684. The minimum absolute atomic E-state index is 0.0427. The third kappa shape index (κ3) is 13.8. The average molecular weight is 869 g/mol. The Morgan fingerprint density at radius 2 is 1.44 bits per heavy atom. The third-order valence-corrected chi connectivity index (χ3v) is 13.5. The van der Waals surface area contributed by atoms with Crippen molar-refractivity contribution in [2.75, 3.05) is 54.6 Å². The molecule has 4 aliphatic heterocycles. The number of nitrogens with zero attached hydrogens (tertiary/aromatic N) is 2. The van der Waals surface area contributed by atoms with Gasteiger partial charge in [0.15, 0.2) is 18.4 Å². The standard InChI is InChI=1S/C46H80N2O13/c1-13-36-33(24-57-46-44(56-12)43(55-11)40(53)31(8)59-46)19-25(2)14-15-34(49)28(5)20-32(16-17-48-22-26(3)18-27(4)23-48)42(29(6)35(50)21-37(51)60-36)61-45-41(54)38(47(9)10)39(52)30(7)58-45/h14-15,19,26-33,35-36,38-46,50,52-54H,13,16-18,20-24H2,1-12H3/t26-,27+,28-,29-,30+,31+,32+,33+,35-,36-,38-,39-,40-,41-,42-,43-,44+,45-,46+/m0/s1. The Kier molecular flexibility index (Phi) is 20.3. The molecule has 4 heterocycles. The molecule has 0 radical (unpaired) electrons. The molecule has 0 bridgehead atoms. The Balaban J connectivity index is 1.68. The molecule has 0 spiro atoms. The Hall–Kier alpha value is -1.86. The largest absolute Gasteiger partial charge is 0.462 e. The maximum atomic E-state index is 14.0. The number of esters is 1. The second-order valence-electron chi connectivity index (χ2n) is 18.9. The van der Waals surface area contributed by atoms with Crippen molar-refractivity contribution >= 4 is 11.8 Å². The van der Waals surface area contributed by atoms with E-state index in [-0.39, 0.29) is 24.7 Å². The number of hydrogen-bond donors (Lipinski definition) is 4. The molecule has 3 fully saturated rings. The van der Waals surface area contributed by atoms with Gasteiger partial charge in [0.05, 0.1) is 49.6 Å². The quantitative estimate of drug-likeness (QED) is 0.209. The number of carbonyl (C=O) groups excluding carboxylic acids is 2. The smallest absolute Gasteiger partial charge is 0.308 e. The van der Waals surface area contributed by atoms with Crippen LogP contribution < -0.4 is 0 Å². The van der Waals surface area contributed by atoms with Gasteiger partial charge in [0.1, 0.15) is 30.5 Å². The molecule has 0 aromatic carbocycles. The molecule has 0 aromatic rings. The molecule has 0 saturated carbocycles. The van der Waals surface area contributed by atoms with E-state index in [1.54, 1.807) is 45.0 Å². The van der Waals surface area contributed by atoms with E-state index >= 15 is 0 Å². The molecule has 0 aromatic heterocycles. The van der Waals surface area contributed by atoms with Gasteiger partial charge in [0.25, 0.3) is 0 Å². The van der Waals surface area contributed by atoms with Crippen LogP contribution in [0.5, 0.6) is 0 Å². The van der Waals surface area contributed by atoms with Crippen molar-refractivity contribution in [1.82, 2.24) is 9.80 Å². The fourth-order valence-corrected chi connectivity index (χ4v) is 10.0. The Morgan fingerprint density at radius 3 is 2.05 bits per heavy atom. The van der Waals surface area contributed by atoms with Crippen LogP contribution in [0, 0.1) is 35.5 Å². The molecule has 15 nitrogen and oxygen atoms in total. The number of aliphatic hydroxyl groups is 4. The molecule has 61 heavy (non-hydrogen) atoms. The van der Waals surface area contributed by atoms with Crippen molar-refractivity contribution in [2.45, 2.75) is 167 Å². The number of likely N-dealkylation sites (N-methyl/N-ethyl adjacent to an activating group) is 1. The predicted octanol–water partition coefficient (Wildman–Crippen LogP) is 3.34. The van der Waals surface area contributed by atoms with Crippen LogP contribution in [-0.4, -0.2) is 176 Å². The number of ether oxygens (including phenoxy) is 7. The highest BCUT2D eigenvalue weighted by Crippen LogP contribution is 2.36. The first-order valence-electron chi connectivity index (χ1n) is 22.6. The molecule has 4 aliphatic rings. The number of ketones is 1. The van der Waals surface area contributed by atoms with Crippen LogP contribution in [0.15, 0.2) is 23.8 Å². The van der Waals surface area contributed by atoms with Gasteiger partial charge in [-0.3, -0.25) is 9.59 Å². The summed E-state index contributed by atoms with van der Waals surface area (Å²) >= 11 is 0. The molecule has 0 aliphatic carbocycles. The van der Waals surface area contributed by atoms with Crippen LogP contribution in [0.4, 0.5) is 0 Å². The summed E-state index contributed by atoms with van der Waals surface area (Å²) in [4.78, 5) is 32.1. The van der Waals surface area contributed by atoms with Crippen LogP contribution in [-0.2, 0) is 42.7 Å². The number of likely N-dealkylation sites (tertiary alicyclic amines) is 1. The highest BCUT2D eigenvalue weighted by atomic mass is 16.7. The van der Waals surface area contributed by atoms with Gasteiger partial charge in [0.2, 0.25) is 0 Å². The fraction of sp³-hybridized carbons (Fsp3) is 0.870. The highest BCUT2D eigenvalue weighted by Gasteiger charge is 2.48. The second-order valence-corrected chi connectivity index (χ2v) is 18.9. The molecular weight excluding hydrogens is 789 g/mol. The van der Waals surface area contributed by atoms with Gasteiger partial charge in [-0.15, -0.1) is 0 Å². The first-order chi connectivity index (χ1) is 28.8. The summed E-state index contributed by atoms with van der Waals surface area (Å²) in [6.07, 6.45) is -2.96. The molecule has 4 N–H and O–H groups in total. The molecule has 0 amide bonds. The van der Waals surface area contributed by atoms with E-state index in [9.17, 15) is 30.0 Å². The van der Waals surface area contributed by atoms with Gasteiger partial charge in [0, 0.05) is 45.1 Å². The number of allylic oxidation sites excluding steroid dienone is 3. The number of methoxy groups -OCH3 is 2. The van der Waals surface area contributed by atoms with E-state index in [1.807, 2.05) is 33.8 Å². The van der Waals surface area contributed by atoms with Gasteiger partial charge in [-0.1, -0.05) is 52.3 Å². The van der Waals surface area contributed by atoms with Crippen molar-refractivity contribution in [3.05, 3.63) is 23.8 Å². The van der Waals surface area contributed by atoms with Crippen molar-refractivity contribution in [3.8, 4) is 0 Å². The Bertz CT molecular complexity index is 1420. The highest BCUT2D eigenvalue weighted by molar-refractivity contribution is 5.91. The van der Waals surface area contributed by atoms with Crippen LogP contribution in [0.25, 0.3) is 0 Å². The summed E-state index contributed by atoms with van der Waals surface area (Å²) in [7, 11) is 6.54. The van der Waals surface area contributed by atoms with Gasteiger partial charge < -0.3 is 63.4 Å². The normalized spacial score (nSPS) is 43.0. The molecule has 4 rings (SSSR count). The van der Waals surface area contributed by atoms with Gasteiger partial charge >= 0.3 is 5.97 Å². The molecular formula is C46H80N2O13. The fourth-order valence-electron chi connectivity index (χ4n) is 10.0. The topological polar surface area (TPSA) is 186 Å². The SMILES string of the molecule is CC[C@@H]1OC(=O)C[C@H](O)[C@H](C)[C@H](O[C@@H]2O[C@H](C)[C@H](O)[C@H](N(C)C)[C@@H]2O)[C@H](CCN2C[C@H](C)C[C@H](C)C2)C[C@H](C)C(=O)C=CC(C)=C[C@@H]1CO[C@@H]1O[C@H](C)[C@H](O)[C@H](OC)[C@H]1OC. The van der Waals surface area contributed by atoms with E-state index < -0.39 is 103 Å². The second kappa shape index (κ2) is 23.9. The monoisotopic (exact) mass is 869 g/mol. The lowest BCUT2D eigenvalue weighted by molar-refractivity contribution is -0.304. The summed E-state index contributed by atoms with van der Waals surface area (Å²) < 4.78 is 42.6. The van der Waals surface area contributed by atoms with E-state index in [4.69, 9.17) is 33.2 Å². The maximum Gasteiger partial charge on any atom is 0.308 e.